The predicted octanol–water partition coefficient (Wildman–Crippen LogP) is 0.475. The molecule has 0 aliphatic carbocycles. The Morgan fingerprint density at radius 3 is 2.50 bits per heavy atom. The van der Waals surface area contributed by atoms with Gasteiger partial charge in [-0.15, -0.1) is 0 Å². The van der Waals surface area contributed by atoms with Gasteiger partial charge in [-0.3, -0.25) is 9.59 Å². The van der Waals surface area contributed by atoms with Crippen LogP contribution >= 0.6 is 0 Å². The minimum atomic E-state index is -0.489. The van der Waals surface area contributed by atoms with Crippen LogP contribution in [0.5, 0.6) is 5.75 Å². The molecule has 0 fully saturated rings. The van der Waals surface area contributed by atoms with Crippen molar-refractivity contribution in [2.45, 2.75) is 13.3 Å². The fourth-order valence-electron chi connectivity index (χ4n) is 1.38. The van der Waals surface area contributed by atoms with E-state index >= 15 is 0 Å². The number of nitrogens with zero attached hydrogens (tertiary/aromatic N) is 1. The van der Waals surface area contributed by atoms with Crippen molar-refractivity contribution in [3.05, 3.63) is 24.3 Å². The molecule has 0 aliphatic heterocycles. The summed E-state index contributed by atoms with van der Waals surface area (Å²) < 4.78 is 5.03. The van der Waals surface area contributed by atoms with E-state index in [-0.39, 0.29) is 18.9 Å². The number of amides is 2. The van der Waals surface area contributed by atoms with E-state index in [4.69, 9.17) is 10.5 Å². The molecular formula is C13H18N4O3. The smallest absolute Gasteiger partial charge is 0.259 e. The van der Waals surface area contributed by atoms with Gasteiger partial charge in [0.25, 0.3) is 5.91 Å². The normalized spacial score (nSPS) is 10.8. The number of hydrogen-bond acceptors (Lipinski definition) is 5. The molecule has 2 amide bonds. The summed E-state index contributed by atoms with van der Waals surface area (Å²) in [5, 5.41) is 6.69. The van der Waals surface area contributed by atoms with Gasteiger partial charge in [-0.1, -0.05) is 0 Å². The Labute approximate surface area is 117 Å². The second-order valence-electron chi connectivity index (χ2n) is 4.11. The van der Waals surface area contributed by atoms with E-state index in [9.17, 15) is 9.59 Å². The molecular weight excluding hydrogens is 260 g/mol. The Hall–Kier alpha value is -2.57. The molecule has 7 nitrogen and oxygen atoms in total. The number of anilines is 1. The predicted molar refractivity (Wildman–Crippen MR) is 76.5 cm³/mol. The first-order valence-electron chi connectivity index (χ1n) is 5.99. The fraction of sp³-hybridized carbons (Fsp3) is 0.308. The van der Waals surface area contributed by atoms with Crippen molar-refractivity contribution in [2.75, 3.05) is 19.0 Å². The van der Waals surface area contributed by atoms with E-state index in [2.05, 4.69) is 15.8 Å². The van der Waals surface area contributed by atoms with E-state index in [0.29, 0.717) is 5.71 Å². The summed E-state index contributed by atoms with van der Waals surface area (Å²) in [4.78, 5) is 22.1. The third-order valence-electron chi connectivity index (χ3n) is 2.34. The molecule has 108 valence electrons. The fourth-order valence-corrected chi connectivity index (χ4v) is 1.38. The van der Waals surface area contributed by atoms with Gasteiger partial charge in [-0.2, -0.15) is 5.10 Å². The Morgan fingerprint density at radius 2 is 1.95 bits per heavy atom. The summed E-state index contributed by atoms with van der Waals surface area (Å²) in [7, 11) is 1.59. The van der Waals surface area contributed by atoms with Crippen LogP contribution in [0.3, 0.4) is 0 Å². The van der Waals surface area contributed by atoms with Crippen molar-refractivity contribution in [2.24, 2.45) is 10.8 Å². The number of nitrogens with two attached hydrogens (primary N) is 1. The lowest BCUT2D eigenvalue weighted by Crippen LogP contribution is -2.27. The number of primary amides is 1. The van der Waals surface area contributed by atoms with Crippen LogP contribution in [-0.4, -0.2) is 31.2 Å². The van der Waals surface area contributed by atoms with Gasteiger partial charge in [-0.25, -0.2) is 5.43 Å². The van der Waals surface area contributed by atoms with Crippen LogP contribution in [0.2, 0.25) is 0 Å². The molecule has 4 N–H and O–H groups in total. The number of nitrogens with one attached hydrogen (secondary N) is 2. The van der Waals surface area contributed by atoms with E-state index in [1.165, 1.54) is 0 Å². The number of methoxy groups -OCH3 is 1. The van der Waals surface area contributed by atoms with Crippen LogP contribution in [-0.2, 0) is 9.59 Å². The summed E-state index contributed by atoms with van der Waals surface area (Å²) >= 11 is 0. The molecule has 0 unspecified atom stereocenters. The highest BCUT2D eigenvalue weighted by Crippen LogP contribution is 2.14. The van der Waals surface area contributed by atoms with Gasteiger partial charge in [0.15, 0.2) is 0 Å². The first-order chi connectivity index (χ1) is 9.51. The number of benzene rings is 1. The lowest BCUT2D eigenvalue weighted by Gasteiger charge is -2.06. The standard InChI is InChI=1S/C13H18N4O3/c1-9(7-12(14)18)16-17-13(19)8-15-10-3-5-11(20-2)6-4-10/h3-6,15H,7-8H2,1-2H3,(H2,14,18)(H,17,19). The van der Waals surface area contributed by atoms with E-state index in [0.717, 1.165) is 11.4 Å². The molecule has 0 bridgehead atoms. The van der Waals surface area contributed by atoms with Crippen LogP contribution < -0.4 is 21.2 Å². The minimum Gasteiger partial charge on any atom is -0.497 e. The topological polar surface area (TPSA) is 106 Å². The number of carbonyl (C=O) groups excluding carboxylic acids is 2. The third kappa shape index (κ3) is 5.85. The Bertz CT molecular complexity index is 497. The number of rotatable bonds is 7. The monoisotopic (exact) mass is 278 g/mol. The number of ether oxygens (including phenoxy) is 1. The molecule has 0 aromatic heterocycles. The van der Waals surface area contributed by atoms with Crippen molar-refractivity contribution in [3.8, 4) is 5.75 Å². The minimum absolute atomic E-state index is 0.0200. The summed E-state index contributed by atoms with van der Waals surface area (Å²) in [5.41, 5.74) is 8.58. The quantitative estimate of drug-likeness (QED) is 0.498. The van der Waals surface area contributed by atoms with Crippen LogP contribution in [0.15, 0.2) is 29.4 Å². The molecule has 0 heterocycles. The summed E-state index contributed by atoms with van der Waals surface area (Å²) in [6.45, 7) is 1.68. The number of hydrazone groups is 1. The average molecular weight is 278 g/mol. The molecule has 0 saturated carbocycles. The maximum atomic E-state index is 11.5. The highest BCUT2D eigenvalue weighted by Gasteiger charge is 2.02. The molecule has 1 aromatic carbocycles. The van der Waals surface area contributed by atoms with Crippen LogP contribution in [0.1, 0.15) is 13.3 Å². The maximum Gasteiger partial charge on any atom is 0.259 e. The maximum absolute atomic E-state index is 11.5. The van der Waals surface area contributed by atoms with Gasteiger partial charge in [0, 0.05) is 11.4 Å². The second kappa shape index (κ2) is 7.78. The summed E-state index contributed by atoms with van der Waals surface area (Å²) in [5.74, 6) is -0.0619. The van der Waals surface area contributed by atoms with Crippen LogP contribution in [0.25, 0.3) is 0 Å². The highest BCUT2D eigenvalue weighted by molar-refractivity contribution is 5.99. The van der Waals surface area contributed by atoms with E-state index < -0.39 is 5.91 Å². The molecule has 0 saturated heterocycles. The van der Waals surface area contributed by atoms with Gasteiger partial charge in [0.2, 0.25) is 5.91 Å². The third-order valence-corrected chi connectivity index (χ3v) is 2.34. The molecule has 1 rings (SSSR count). The zero-order chi connectivity index (χ0) is 15.0. The van der Waals surface area contributed by atoms with Gasteiger partial charge in [0.05, 0.1) is 20.1 Å². The molecule has 0 spiro atoms. The Kier molecular flexibility index (Phi) is 6.02. The van der Waals surface area contributed by atoms with Crippen molar-refractivity contribution in [1.29, 1.82) is 0 Å². The van der Waals surface area contributed by atoms with Gasteiger partial charge in [-0.05, 0) is 31.2 Å². The second-order valence-corrected chi connectivity index (χ2v) is 4.11. The Morgan fingerprint density at radius 1 is 1.30 bits per heavy atom. The van der Waals surface area contributed by atoms with Crippen molar-refractivity contribution < 1.29 is 14.3 Å². The largest absolute Gasteiger partial charge is 0.497 e. The molecule has 0 aliphatic rings. The lowest BCUT2D eigenvalue weighted by molar-refractivity contribution is -0.119. The number of hydrogen-bond donors (Lipinski definition) is 3. The summed E-state index contributed by atoms with van der Waals surface area (Å²) in [6, 6.07) is 7.17. The molecule has 0 atom stereocenters. The average Bonchev–Trinajstić information content (AvgIpc) is 2.42. The molecule has 0 radical (unpaired) electrons. The van der Waals surface area contributed by atoms with Gasteiger partial charge >= 0.3 is 0 Å². The zero-order valence-corrected chi connectivity index (χ0v) is 11.5. The van der Waals surface area contributed by atoms with Gasteiger partial charge < -0.3 is 15.8 Å². The first kappa shape index (κ1) is 15.5. The van der Waals surface area contributed by atoms with Crippen molar-refractivity contribution in [1.82, 2.24) is 5.43 Å². The Balaban J connectivity index is 2.37. The van der Waals surface area contributed by atoms with E-state index in [1.807, 2.05) is 0 Å². The zero-order valence-electron chi connectivity index (χ0n) is 11.5. The van der Waals surface area contributed by atoms with Crippen molar-refractivity contribution >= 4 is 23.2 Å². The van der Waals surface area contributed by atoms with Gasteiger partial charge in [0.1, 0.15) is 5.75 Å². The first-order valence-corrected chi connectivity index (χ1v) is 5.99. The van der Waals surface area contributed by atoms with E-state index in [1.54, 1.807) is 38.3 Å². The van der Waals surface area contributed by atoms with Crippen LogP contribution in [0.4, 0.5) is 5.69 Å². The van der Waals surface area contributed by atoms with Crippen molar-refractivity contribution in [3.63, 3.8) is 0 Å². The SMILES string of the molecule is COc1ccc(NCC(=O)NN=C(C)CC(N)=O)cc1. The summed E-state index contributed by atoms with van der Waals surface area (Å²) in [6.07, 6.45) is 0.0200. The molecule has 20 heavy (non-hydrogen) atoms. The highest BCUT2D eigenvalue weighted by atomic mass is 16.5. The number of carbonyl (C=O) groups is 2. The lowest BCUT2D eigenvalue weighted by atomic mass is 10.3. The van der Waals surface area contributed by atoms with Crippen LogP contribution in [0, 0.1) is 0 Å². The molecule has 7 heteroatoms. The molecule has 1 aromatic rings.